The van der Waals surface area contributed by atoms with Crippen LogP contribution in [0.2, 0.25) is 0 Å². The number of amides is 1. The van der Waals surface area contributed by atoms with Gasteiger partial charge in [-0.05, 0) is 6.92 Å². The van der Waals surface area contributed by atoms with Gasteiger partial charge in [0.25, 0.3) is 5.91 Å². The fourth-order valence-electron chi connectivity index (χ4n) is 0.595. The van der Waals surface area contributed by atoms with Crippen LogP contribution >= 0.6 is 0 Å². The van der Waals surface area contributed by atoms with Crippen LogP contribution in [0.5, 0.6) is 0 Å². The zero-order valence-corrected chi connectivity index (χ0v) is 4.79. The molecule has 0 saturated heterocycles. The van der Waals surface area contributed by atoms with Gasteiger partial charge in [-0.3, -0.25) is 4.79 Å². The summed E-state index contributed by atoms with van der Waals surface area (Å²) < 4.78 is 0. The lowest BCUT2D eigenvalue weighted by molar-refractivity contribution is -0.117. The molecule has 0 atom stereocenters. The maximum absolute atomic E-state index is 10.4. The fourth-order valence-corrected chi connectivity index (χ4v) is 0.595. The third kappa shape index (κ3) is 0.857. The second-order valence-electron chi connectivity index (χ2n) is 1.70. The molecule has 0 saturated carbocycles. The first kappa shape index (κ1) is 5.28. The van der Waals surface area contributed by atoms with Crippen molar-refractivity contribution in [2.24, 2.45) is 4.99 Å². The van der Waals surface area contributed by atoms with Crippen LogP contribution in [0.25, 0.3) is 0 Å². The van der Waals surface area contributed by atoms with Crippen LogP contribution in [-0.4, -0.2) is 30.2 Å². The van der Waals surface area contributed by atoms with Gasteiger partial charge in [-0.1, -0.05) is 0 Å². The molecule has 0 aliphatic carbocycles. The molecular weight excluding hydrogens is 104 g/mol. The molecule has 8 heavy (non-hydrogen) atoms. The van der Waals surface area contributed by atoms with Crippen LogP contribution in [0.1, 0.15) is 6.92 Å². The van der Waals surface area contributed by atoms with E-state index < -0.39 is 0 Å². The van der Waals surface area contributed by atoms with Crippen molar-refractivity contribution in [3.8, 4) is 0 Å². The average molecular weight is 112 g/mol. The Morgan fingerprint density at radius 1 is 2.00 bits per heavy atom. The van der Waals surface area contributed by atoms with E-state index in [0.717, 1.165) is 6.54 Å². The lowest BCUT2D eigenvalue weighted by Crippen LogP contribution is -2.20. The van der Waals surface area contributed by atoms with Crippen LogP contribution in [0.3, 0.4) is 0 Å². The molecule has 3 heteroatoms. The summed E-state index contributed by atoms with van der Waals surface area (Å²) in [6, 6.07) is 0. The van der Waals surface area contributed by atoms with Crippen LogP contribution in [-0.2, 0) is 4.79 Å². The molecule has 0 aromatic rings. The quantitative estimate of drug-likeness (QED) is 0.473. The molecule has 1 rings (SSSR count). The van der Waals surface area contributed by atoms with Crippen LogP contribution in [0, 0.1) is 0 Å². The Labute approximate surface area is 48.0 Å². The molecule has 44 valence electrons. The summed E-state index contributed by atoms with van der Waals surface area (Å²) in [5, 5.41) is 0. The first-order valence-corrected chi connectivity index (χ1v) is 2.64. The van der Waals surface area contributed by atoms with Gasteiger partial charge in [0.15, 0.2) is 0 Å². The minimum absolute atomic E-state index is 0.0353. The molecule has 0 N–H and O–H groups in total. The summed E-state index contributed by atoms with van der Waals surface area (Å²) in [4.78, 5) is 15.8. The molecule has 1 aliphatic heterocycles. The first-order chi connectivity index (χ1) is 3.83. The number of rotatable bonds is 1. The number of likely N-dealkylation sites (N-methyl/N-ethyl adjacent to an activating group) is 1. The minimum Gasteiger partial charge on any atom is -0.353 e. The van der Waals surface area contributed by atoms with Gasteiger partial charge >= 0.3 is 0 Å². The Hall–Kier alpha value is -0.860. The molecule has 1 amide bonds. The van der Waals surface area contributed by atoms with E-state index in [2.05, 4.69) is 4.99 Å². The van der Waals surface area contributed by atoms with E-state index in [1.165, 1.54) is 0 Å². The molecule has 0 aromatic carbocycles. The Kier molecular flexibility index (Phi) is 1.28. The van der Waals surface area contributed by atoms with Gasteiger partial charge in [0.05, 0.1) is 6.34 Å². The van der Waals surface area contributed by atoms with E-state index in [-0.39, 0.29) is 5.91 Å². The predicted molar refractivity (Wildman–Crippen MR) is 30.7 cm³/mol. The highest BCUT2D eigenvalue weighted by atomic mass is 16.1. The zero-order chi connectivity index (χ0) is 5.98. The minimum atomic E-state index is -0.0353. The molecule has 1 heterocycles. The van der Waals surface area contributed by atoms with Crippen LogP contribution in [0.4, 0.5) is 0 Å². The zero-order valence-electron chi connectivity index (χ0n) is 4.79. The largest absolute Gasteiger partial charge is 0.353 e. The summed E-state index contributed by atoms with van der Waals surface area (Å²) in [6.07, 6.45) is 1.59. The Morgan fingerprint density at radius 3 is 3.00 bits per heavy atom. The molecule has 0 spiro atoms. The third-order valence-electron chi connectivity index (χ3n) is 1.11. The Balaban J connectivity index is 2.46. The first-order valence-electron chi connectivity index (χ1n) is 2.64. The molecule has 0 aromatic heterocycles. The smallest absolute Gasteiger partial charge is 0.266 e. The fraction of sp³-hybridized carbons (Fsp3) is 0.600. The third-order valence-corrected chi connectivity index (χ3v) is 1.11. The van der Waals surface area contributed by atoms with Gasteiger partial charge < -0.3 is 4.90 Å². The van der Waals surface area contributed by atoms with E-state index in [4.69, 9.17) is 0 Å². The van der Waals surface area contributed by atoms with Gasteiger partial charge in [0.2, 0.25) is 0 Å². The normalized spacial score (nSPS) is 18.1. The number of hydrogen-bond donors (Lipinski definition) is 0. The standard InChI is InChI=1S/C5H8N2O/c1-2-7-3-5(8)6-4-7/h4H,2-3H2,1H3. The molecular formula is C5H8N2O. The maximum atomic E-state index is 10.4. The molecule has 0 fully saturated rings. The highest BCUT2D eigenvalue weighted by molar-refractivity contribution is 5.91. The van der Waals surface area contributed by atoms with E-state index in [1.54, 1.807) is 6.34 Å². The molecule has 0 radical (unpaired) electrons. The topological polar surface area (TPSA) is 32.7 Å². The maximum Gasteiger partial charge on any atom is 0.266 e. The number of carbonyl (C=O) groups excluding carboxylic acids is 1. The van der Waals surface area contributed by atoms with E-state index >= 15 is 0 Å². The number of hydrogen-bond acceptors (Lipinski definition) is 2. The van der Waals surface area contributed by atoms with E-state index in [1.807, 2.05) is 11.8 Å². The Bertz CT molecular complexity index is 130. The summed E-state index contributed by atoms with van der Waals surface area (Å²) in [5.41, 5.74) is 0. The average Bonchev–Trinajstić information content (AvgIpc) is 2.14. The van der Waals surface area contributed by atoms with E-state index in [0.29, 0.717) is 6.54 Å². The lowest BCUT2D eigenvalue weighted by Gasteiger charge is -2.05. The lowest BCUT2D eigenvalue weighted by atomic mass is 10.5. The number of aliphatic imine (C=N–C) groups is 1. The number of nitrogens with zero attached hydrogens (tertiary/aromatic N) is 2. The van der Waals surface area contributed by atoms with Crippen molar-refractivity contribution in [3.05, 3.63) is 0 Å². The van der Waals surface area contributed by atoms with Crippen molar-refractivity contribution < 1.29 is 4.79 Å². The van der Waals surface area contributed by atoms with Crippen molar-refractivity contribution in [1.82, 2.24) is 4.90 Å². The van der Waals surface area contributed by atoms with Crippen LogP contribution in [0.15, 0.2) is 4.99 Å². The summed E-state index contributed by atoms with van der Waals surface area (Å²) in [5.74, 6) is -0.0353. The highest BCUT2D eigenvalue weighted by Gasteiger charge is 2.09. The molecule has 3 nitrogen and oxygen atoms in total. The van der Waals surface area contributed by atoms with Crippen molar-refractivity contribution in [2.45, 2.75) is 6.92 Å². The van der Waals surface area contributed by atoms with Gasteiger partial charge in [-0.15, -0.1) is 0 Å². The van der Waals surface area contributed by atoms with Gasteiger partial charge in [-0.2, -0.15) is 0 Å². The van der Waals surface area contributed by atoms with Crippen molar-refractivity contribution in [1.29, 1.82) is 0 Å². The summed E-state index contributed by atoms with van der Waals surface area (Å²) in [7, 11) is 0. The van der Waals surface area contributed by atoms with E-state index in [9.17, 15) is 4.79 Å². The number of carbonyl (C=O) groups is 1. The van der Waals surface area contributed by atoms with Crippen molar-refractivity contribution >= 4 is 12.2 Å². The van der Waals surface area contributed by atoms with Crippen LogP contribution < -0.4 is 0 Å². The van der Waals surface area contributed by atoms with Gasteiger partial charge in [0, 0.05) is 6.54 Å². The second-order valence-corrected chi connectivity index (χ2v) is 1.70. The predicted octanol–water partition coefficient (Wildman–Crippen LogP) is -0.123. The highest BCUT2D eigenvalue weighted by Crippen LogP contribution is 1.92. The Morgan fingerprint density at radius 2 is 2.75 bits per heavy atom. The monoisotopic (exact) mass is 112 g/mol. The summed E-state index contributed by atoms with van der Waals surface area (Å²) in [6.45, 7) is 3.33. The van der Waals surface area contributed by atoms with Gasteiger partial charge in [-0.25, -0.2) is 4.99 Å². The SMILES string of the molecule is CCN1C=NC(=O)C1. The second kappa shape index (κ2) is 1.94. The van der Waals surface area contributed by atoms with Gasteiger partial charge in [0.1, 0.15) is 6.54 Å². The molecule has 0 bridgehead atoms. The molecule has 1 aliphatic rings. The summed E-state index contributed by atoms with van der Waals surface area (Å²) >= 11 is 0. The molecule has 0 unspecified atom stereocenters. The van der Waals surface area contributed by atoms with Crippen molar-refractivity contribution in [3.63, 3.8) is 0 Å². The van der Waals surface area contributed by atoms with Crippen molar-refractivity contribution in [2.75, 3.05) is 13.1 Å².